The minimum atomic E-state index is -0.351. The summed E-state index contributed by atoms with van der Waals surface area (Å²) < 4.78 is 0. The summed E-state index contributed by atoms with van der Waals surface area (Å²) in [6, 6.07) is 5.26. The zero-order chi connectivity index (χ0) is 14.6. The summed E-state index contributed by atoms with van der Waals surface area (Å²) in [7, 11) is 1.68. The second-order valence-corrected chi connectivity index (χ2v) is 5.71. The summed E-state index contributed by atoms with van der Waals surface area (Å²) in [6.07, 6.45) is 0. The largest absolute Gasteiger partial charge is 0.382 e. The fourth-order valence-electron chi connectivity index (χ4n) is 1.61. The van der Waals surface area contributed by atoms with Gasteiger partial charge in [-0.1, -0.05) is 33.8 Å². The van der Waals surface area contributed by atoms with Gasteiger partial charge in [0.25, 0.3) is 0 Å². The predicted octanol–water partition coefficient (Wildman–Crippen LogP) is 3.73. The maximum absolute atomic E-state index is 11.2. The zero-order valence-electron chi connectivity index (χ0n) is 12.3. The Bertz CT molecular complexity index is 456. The quantitative estimate of drug-likeness (QED) is 0.607. The SMILES string of the molecule is CNc1cccc(NCC(C)(C)C(C)C)c1[N+](=O)[O-]. The van der Waals surface area contributed by atoms with Gasteiger partial charge in [0.15, 0.2) is 0 Å². The van der Waals surface area contributed by atoms with Crippen LogP contribution in [0.3, 0.4) is 0 Å². The van der Waals surface area contributed by atoms with Crippen molar-refractivity contribution in [2.24, 2.45) is 11.3 Å². The van der Waals surface area contributed by atoms with Crippen LogP contribution in [0, 0.1) is 21.4 Å². The highest BCUT2D eigenvalue weighted by Crippen LogP contribution is 2.34. The fraction of sp³-hybridized carbons (Fsp3) is 0.571. The molecule has 5 nitrogen and oxygen atoms in total. The Morgan fingerprint density at radius 3 is 2.37 bits per heavy atom. The molecule has 0 bridgehead atoms. The summed E-state index contributed by atoms with van der Waals surface area (Å²) in [4.78, 5) is 10.8. The Morgan fingerprint density at radius 2 is 1.89 bits per heavy atom. The van der Waals surface area contributed by atoms with E-state index in [1.165, 1.54) is 0 Å². The smallest absolute Gasteiger partial charge is 0.315 e. The van der Waals surface area contributed by atoms with Gasteiger partial charge >= 0.3 is 5.69 Å². The molecule has 106 valence electrons. The van der Waals surface area contributed by atoms with Crippen LogP contribution < -0.4 is 10.6 Å². The van der Waals surface area contributed by atoms with E-state index in [2.05, 4.69) is 38.3 Å². The van der Waals surface area contributed by atoms with Crippen molar-refractivity contribution >= 4 is 17.1 Å². The van der Waals surface area contributed by atoms with E-state index >= 15 is 0 Å². The van der Waals surface area contributed by atoms with Crippen LogP contribution in [0.2, 0.25) is 0 Å². The number of rotatable bonds is 6. The highest BCUT2D eigenvalue weighted by Gasteiger charge is 2.24. The Balaban J connectivity index is 2.99. The molecule has 19 heavy (non-hydrogen) atoms. The molecule has 0 unspecified atom stereocenters. The lowest BCUT2D eigenvalue weighted by atomic mass is 9.81. The summed E-state index contributed by atoms with van der Waals surface area (Å²) in [5.74, 6) is 0.492. The molecule has 0 atom stereocenters. The highest BCUT2D eigenvalue weighted by molar-refractivity contribution is 5.76. The summed E-state index contributed by atoms with van der Waals surface area (Å²) in [5.41, 5.74) is 1.26. The minimum Gasteiger partial charge on any atom is -0.382 e. The van der Waals surface area contributed by atoms with E-state index in [1.54, 1.807) is 19.2 Å². The van der Waals surface area contributed by atoms with Crippen LogP contribution in [0.5, 0.6) is 0 Å². The van der Waals surface area contributed by atoms with Crippen molar-refractivity contribution in [1.82, 2.24) is 0 Å². The lowest BCUT2D eigenvalue weighted by Gasteiger charge is -2.29. The average molecular weight is 265 g/mol. The van der Waals surface area contributed by atoms with Crippen LogP contribution in [0.25, 0.3) is 0 Å². The molecular formula is C14H23N3O2. The van der Waals surface area contributed by atoms with Crippen molar-refractivity contribution in [1.29, 1.82) is 0 Å². The third-order valence-electron chi connectivity index (χ3n) is 3.79. The zero-order valence-corrected chi connectivity index (χ0v) is 12.3. The van der Waals surface area contributed by atoms with Crippen molar-refractivity contribution in [2.45, 2.75) is 27.7 Å². The van der Waals surface area contributed by atoms with Crippen LogP contribution in [-0.4, -0.2) is 18.5 Å². The highest BCUT2D eigenvalue weighted by atomic mass is 16.6. The molecule has 0 aliphatic heterocycles. The van der Waals surface area contributed by atoms with Crippen LogP contribution in [0.1, 0.15) is 27.7 Å². The minimum absolute atomic E-state index is 0.0729. The Morgan fingerprint density at radius 1 is 1.32 bits per heavy atom. The number of nitrogens with one attached hydrogen (secondary N) is 2. The van der Waals surface area contributed by atoms with Gasteiger partial charge in [0.2, 0.25) is 0 Å². The topological polar surface area (TPSA) is 67.2 Å². The number of hydrogen-bond donors (Lipinski definition) is 2. The first kappa shape index (κ1) is 15.3. The standard InChI is InChI=1S/C14H23N3O2/c1-10(2)14(3,4)9-16-12-8-6-7-11(15-5)13(12)17(18)19/h6-8,10,15-16H,9H2,1-5H3. The van der Waals surface area contributed by atoms with Gasteiger partial charge in [-0.25, -0.2) is 0 Å². The molecule has 0 spiro atoms. The van der Waals surface area contributed by atoms with Crippen LogP contribution in [-0.2, 0) is 0 Å². The molecule has 5 heteroatoms. The molecule has 0 amide bonds. The van der Waals surface area contributed by atoms with Gasteiger partial charge in [-0.15, -0.1) is 0 Å². The Hall–Kier alpha value is -1.78. The molecule has 0 radical (unpaired) electrons. The van der Waals surface area contributed by atoms with Gasteiger partial charge in [-0.3, -0.25) is 10.1 Å². The predicted molar refractivity (Wildman–Crippen MR) is 79.8 cm³/mol. The molecule has 0 aromatic heterocycles. The fourth-order valence-corrected chi connectivity index (χ4v) is 1.61. The molecule has 0 heterocycles. The van der Waals surface area contributed by atoms with E-state index < -0.39 is 0 Å². The Labute approximate surface area is 114 Å². The molecule has 0 saturated heterocycles. The molecule has 1 rings (SSSR count). The van der Waals surface area contributed by atoms with Crippen molar-refractivity contribution in [3.05, 3.63) is 28.3 Å². The van der Waals surface area contributed by atoms with Crippen molar-refractivity contribution in [3.8, 4) is 0 Å². The van der Waals surface area contributed by atoms with Crippen molar-refractivity contribution in [3.63, 3.8) is 0 Å². The van der Waals surface area contributed by atoms with Gasteiger partial charge in [0, 0.05) is 13.6 Å². The number of nitrogens with zero attached hydrogens (tertiary/aromatic N) is 1. The molecular weight excluding hydrogens is 242 g/mol. The third kappa shape index (κ3) is 3.59. The molecule has 0 fully saturated rings. The summed E-state index contributed by atoms with van der Waals surface area (Å²) in [6.45, 7) is 9.30. The monoisotopic (exact) mass is 265 g/mol. The van der Waals surface area contributed by atoms with Crippen LogP contribution >= 0.6 is 0 Å². The molecule has 0 aliphatic carbocycles. The van der Waals surface area contributed by atoms with Crippen molar-refractivity contribution < 1.29 is 4.92 Å². The molecule has 2 N–H and O–H groups in total. The number of hydrogen-bond acceptors (Lipinski definition) is 4. The molecule has 1 aromatic carbocycles. The van der Waals surface area contributed by atoms with Gasteiger partial charge in [0.1, 0.15) is 11.4 Å². The number of para-hydroxylation sites is 1. The number of nitro groups is 1. The lowest BCUT2D eigenvalue weighted by molar-refractivity contribution is -0.383. The van der Waals surface area contributed by atoms with Gasteiger partial charge in [0.05, 0.1) is 4.92 Å². The van der Waals surface area contributed by atoms with E-state index in [1.807, 2.05) is 6.07 Å². The van der Waals surface area contributed by atoms with E-state index in [9.17, 15) is 10.1 Å². The lowest BCUT2D eigenvalue weighted by Crippen LogP contribution is -2.28. The first-order chi connectivity index (χ1) is 8.79. The number of benzene rings is 1. The summed E-state index contributed by atoms with van der Waals surface area (Å²) >= 11 is 0. The van der Waals surface area contributed by atoms with Gasteiger partial charge < -0.3 is 10.6 Å². The number of nitro benzene ring substituents is 1. The van der Waals surface area contributed by atoms with Crippen molar-refractivity contribution in [2.75, 3.05) is 24.2 Å². The van der Waals surface area contributed by atoms with E-state index in [0.717, 1.165) is 0 Å². The first-order valence-electron chi connectivity index (χ1n) is 6.48. The maximum Gasteiger partial charge on any atom is 0.315 e. The molecule has 0 saturated carbocycles. The molecule has 1 aromatic rings. The normalized spacial score (nSPS) is 11.5. The molecule has 0 aliphatic rings. The van der Waals surface area contributed by atoms with Crippen LogP contribution in [0.15, 0.2) is 18.2 Å². The second-order valence-electron chi connectivity index (χ2n) is 5.71. The third-order valence-corrected chi connectivity index (χ3v) is 3.79. The maximum atomic E-state index is 11.2. The Kier molecular flexibility index (Phi) is 4.75. The first-order valence-corrected chi connectivity index (χ1v) is 6.48. The van der Waals surface area contributed by atoms with E-state index in [-0.39, 0.29) is 16.0 Å². The van der Waals surface area contributed by atoms with Gasteiger partial charge in [-0.05, 0) is 23.5 Å². The van der Waals surface area contributed by atoms with E-state index in [0.29, 0.717) is 23.8 Å². The van der Waals surface area contributed by atoms with Gasteiger partial charge in [-0.2, -0.15) is 0 Å². The van der Waals surface area contributed by atoms with E-state index in [4.69, 9.17) is 0 Å². The number of anilines is 2. The second kappa shape index (κ2) is 5.91. The summed E-state index contributed by atoms with van der Waals surface area (Å²) in [5, 5.41) is 17.3. The van der Waals surface area contributed by atoms with Crippen LogP contribution in [0.4, 0.5) is 17.1 Å². The average Bonchev–Trinajstić information content (AvgIpc) is 2.35.